The van der Waals surface area contributed by atoms with Gasteiger partial charge in [-0.3, -0.25) is 4.79 Å². The lowest BCUT2D eigenvalue weighted by atomic mass is 10.0. The van der Waals surface area contributed by atoms with Gasteiger partial charge in [0, 0.05) is 18.5 Å². The molecule has 0 saturated carbocycles. The van der Waals surface area contributed by atoms with Gasteiger partial charge in [0.25, 0.3) is 0 Å². The number of rotatable bonds is 1. The van der Waals surface area contributed by atoms with Gasteiger partial charge in [0.2, 0.25) is 0 Å². The number of nitrogens with zero attached hydrogens (tertiary/aromatic N) is 2. The molecule has 1 heterocycles. The Balaban J connectivity index is 2.14. The van der Waals surface area contributed by atoms with Gasteiger partial charge in [0.05, 0.1) is 18.2 Å². The SMILES string of the molecule is CC(C)(C)OC(=O)N1CCC(=O)/C(=C/c2ccc(C#N)cc2)C1. The first-order chi connectivity index (χ1) is 10.8. The molecule has 1 aliphatic heterocycles. The summed E-state index contributed by atoms with van der Waals surface area (Å²) in [5, 5.41) is 8.80. The second-order valence-electron chi connectivity index (χ2n) is 6.48. The van der Waals surface area contributed by atoms with Crippen molar-refractivity contribution >= 4 is 18.0 Å². The van der Waals surface area contributed by atoms with Crippen molar-refractivity contribution in [2.75, 3.05) is 13.1 Å². The first kappa shape index (κ1) is 16.8. The Morgan fingerprint density at radius 2 is 1.96 bits per heavy atom. The number of Topliss-reactive ketones (excluding diaryl/α,β-unsaturated/α-hetero) is 1. The van der Waals surface area contributed by atoms with Crippen LogP contribution in [0.2, 0.25) is 0 Å². The lowest BCUT2D eigenvalue weighted by Gasteiger charge is -2.30. The highest BCUT2D eigenvalue weighted by Crippen LogP contribution is 2.19. The van der Waals surface area contributed by atoms with E-state index in [2.05, 4.69) is 6.07 Å². The highest BCUT2D eigenvalue weighted by Gasteiger charge is 2.28. The summed E-state index contributed by atoms with van der Waals surface area (Å²) in [5.41, 5.74) is 1.41. The predicted molar refractivity (Wildman–Crippen MR) is 86.6 cm³/mol. The minimum absolute atomic E-state index is 0.0363. The van der Waals surface area contributed by atoms with Crippen LogP contribution < -0.4 is 0 Å². The molecule has 1 aliphatic rings. The largest absolute Gasteiger partial charge is 0.444 e. The van der Waals surface area contributed by atoms with Crippen LogP contribution in [0, 0.1) is 11.3 Å². The van der Waals surface area contributed by atoms with E-state index in [0.717, 1.165) is 5.56 Å². The van der Waals surface area contributed by atoms with Crippen LogP contribution in [0.5, 0.6) is 0 Å². The van der Waals surface area contributed by atoms with Gasteiger partial charge in [-0.05, 0) is 44.5 Å². The molecule has 5 heteroatoms. The summed E-state index contributed by atoms with van der Waals surface area (Å²) in [7, 11) is 0. The van der Waals surface area contributed by atoms with Gasteiger partial charge in [-0.15, -0.1) is 0 Å². The highest BCUT2D eigenvalue weighted by molar-refractivity contribution is 6.01. The smallest absolute Gasteiger partial charge is 0.410 e. The molecule has 0 unspecified atom stereocenters. The Labute approximate surface area is 136 Å². The second kappa shape index (κ2) is 6.66. The van der Waals surface area contributed by atoms with Crippen LogP contribution in [0.4, 0.5) is 4.79 Å². The van der Waals surface area contributed by atoms with E-state index in [0.29, 0.717) is 24.1 Å². The lowest BCUT2D eigenvalue weighted by Crippen LogP contribution is -2.42. The van der Waals surface area contributed by atoms with Gasteiger partial charge < -0.3 is 9.64 Å². The molecule has 0 aromatic heterocycles. The fourth-order valence-corrected chi connectivity index (χ4v) is 2.23. The monoisotopic (exact) mass is 312 g/mol. The molecule has 1 aromatic carbocycles. The van der Waals surface area contributed by atoms with Crippen LogP contribution in [0.15, 0.2) is 29.8 Å². The number of nitriles is 1. The van der Waals surface area contributed by atoms with Crippen molar-refractivity contribution < 1.29 is 14.3 Å². The average molecular weight is 312 g/mol. The number of likely N-dealkylation sites (tertiary alicyclic amines) is 1. The predicted octanol–water partition coefficient (Wildman–Crippen LogP) is 3.15. The molecule has 1 saturated heterocycles. The summed E-state index contributed by atoms with van der Waals surface area (Å²) in [6.07, 6.45) is 1.65. The zero-order chi connectivity index (χ0) is 17.0. The summed E-state index contributed by atoms with van der Waals surface area (Å²) >= 11 is 0. The number of ether oxygens (including phenoxy) is 1. The maximum absolute atomic E-state index is 12.1. The quantitative estimate of drug-likeness (QED) is 0.747. The fourth-order valence-electron chi connectivity index (χ4n) is 2.23. The van der Waals surface area contributed by atoms with Gasteiger partial charge in [0.1, 0.15) is 5.60 Å². The van der Waals surface area contributed by atoms with Crippen molar-refractivity contribution in [1.29, 1.82) is 5.26 Å². The Morgan fingerprint density at radius 1 is 1.30 bits per heavy atom. The van der Waals surface area contributed by atoms with Crippen molar-refractivity contribution in [3.8, 4) is 6.07 Å². The maximum atomic E-state index is 12.1. The Kier molecular flexibility index (Phi) is 4.85. The molecule has 0 bridgehead atoms. The summed E-state index contributed by atoms with van der Waals surface area (Å²) in [5.74, 6) is 0.0363. The number of benzene rings is 1. The van der Waals surface area contributed by atoms with E-state index in [9.17, 15) is 9.59 Å². The number of amides is 1. The first-order valence-corrected chi connectivity index (χ1v) is 7.50. The van der Waals surface area contributed by atoms with E-state index >= 15 is 0 Å². The van der Waals surface area contributed by atoms with Gasteiger partial charge in [-0.2, -0.15) is 5.26 Å². The van der Waals surface area contributed by atoms with Crippen molar-refractivity contribution in [1.82, 2.24) is 4.90 Å². The van der Waals surface area contributed by atoms with Crippen molar-refractivity contribution in [3.63, 3.8) is 0 Å². The van der Waals surface area contributed by atoms with Crippen molar-refractivity contribution in [2.24, 2.45) is 0 Å². The minimum atomic E-state index is -0.560. The second-order valence-corrected chi connectivity index (χ2v) is 6.48. The maximum Gasteiger partial charge on any atom is 0.410 e. The third-order valence-corrected chi connectivity index (χ3v) is 3.36. The molecule has 5 nitrogen and oxygen atoms in total. The molecule has 0 spiro atoms. The first-order valence-electron chi connectivity index (χ1n) is 7.50. The average Bonchev–Trinajstić information content (AvgIpc) is 2.48. The van der Waals surface area contributed by atoms with E-state index in [1.165, 1.54) is 0 Å². The number of ketones is 1. The van der Waals surface area contributed by atoms with Crippen LogP contribution in [0.1, 0.15) is 38.3 Å². The van der Waals surface area contributed by atoms with Crippen LogP contribution in [-0.2, 0) is 9.53 Å². The van der Waals surface area contributed by atoms with Crippen LogP contribution in [0.3, 0.4) is 0 Å². The van der Waals surface area contributed by atoms with Gasteiger partial charge in [-0.1, -0.05) is 12.1 Å². The van der Waals surface area contributed by atoms with Crippen LogP contribution in [-0.4, -0.2) is 35.5 Å². The third-order valence-electron chi connectivity index (χ3n) is 3.36. The summed E-state index contributed by atoms with van der Waals surface area (Å²) < 4.78 is 5.35. The number of carbonyl (C=O) groups is 2. The zero-order valence-corrected chi connectivity index (χ0v) is 13.6. The molecular weight excluding hydrogens is 292 g/mol. The molecule has 1 fully saturated rings. The topological polar surface area (TPSA) is 70.4 Å². The molecule has 0 radical (unpaired) electrons. The van der Waals surface area contributed by atoms with E-state index in [1.807, 2.05) is 20.8 Å². The Morgan fingerprint density at radius 3 is 2.52 bits per heavy atom. The minimum Gasteiger partial charge on any atom is -0.444 e. The highest BCUT2D eigenvalue weighted by atomic mass is 16.6. The Bertz CT molecular complexity index is 676. The fraction of sp³-hybridized carbons (Fsp3) is 0.389. The standard InChI is InChI=1S/C18H20N2O3/c1-18(2,3)23-17(22)20-9-8-16(21)15(12-20)10-13-4-6-14(11-19)7-5-13/h4-7,10H,8-9,12H2,1-3H3/b15-10+. The number of hydrogen-bond donors (Lipinski definition) is 0. The van der Waals surface area contributed by atoms with Crippen LogP contribution >= 0.6 is 0 Å². The van der Waals surface area contributed by atoms with Gasteiger partial charge in [-0.25, -0.2) is 4.79 Å². The lowest BCUT2D eigenvalue weighted by molar-refractivity contribution is -0.117. The van der Waals surface area contributed by atoms with E-state index < -0.39 is 11.7 Å². The van der Waals surface area contributed by atoms with Crippen molar-refractivity contribution in [2.45, 2.75) is 32.8 Å². The number of hydrogen-bond acceptors (Lipinski definition) is 4. The normalized spacial score (nSPS) is 17.0. The molecule has 0 aliphatic carbocycles. The summed E-state index contributed by atoms with van der Waals surface area (Å²) in [4.78, 5) is 25.8. The van der Waals surface area contributed by atoms with Crippen molar-refractivity contribution in [3.05, 3.63) is 41.0 Å². The molecular formula is C18H20N2O3. The molecule has 1 aromatic rings. The van der Waals surface area contributed by atoms with E-state index in [-0.39, 0.29) is 12.3 Å². The Hall–Kier alpha value is -2.61. The zero-order valence-electron chi connectivity index (χ0n) is 13.6. The molecule has 120 valence electrons. The third kappa shape index (κ3) is 4.68. The molecule has 2 rings (SSSR count). The molecule has 0 atom stereocenters. The molecule has 23 heavy (non-hydrogen) atoms. The van der Waals surface area contributed by atoms with E-state index in [4.69, 9.17) is 10.00 Å². The molecule has 1 amide bonds. The molecule has 0 N–H and O–H groups in total. The van der Waals surface area contributed by atoms with E-state index in [1.54, 1.807) is 35.2 Å². The van der Waals surface area contributed by atoms with Crippen LogP contribution in [0.25, 0.3) is 6.08 Å². The van der Waals surface area contributed by atoms with Gasteiger partial charge >= 0.3 is 6.09 Å². The number of carbonyl (C=O) groups excluding carboxylic acids is 2. The number of piperidine rings is 1. The van der Waals surface area contributed by atoms with Gasteiger partial charge in [0.15, 0.2) is 5.78 Å². The summed E-state index contributed by atoms with van der Waals surface area (Å²) in [6.45, 7) is 6.06. The summed E-state index contributed by atoms with van der Waals surface area (Å²) in [6, 6.07) is 9.02.